The fourth-order valence-electron chi connectivity index (χ4n) is 0.335. The summed E-state index contributed by atoms with van der Waals surface area (Å²) in [4.78, 5) is 19.9. The van der Waals surface area contributed by atoms with Crippen LogP contribution in [0.4, 0.5) is 0 Å². The number of phosphoric acid groups is 1. The molecule has 0 saturated heterocycles. The van der Waals surface area contributed by atoms with Crippen LogP contribution in [0, 0.1) is 0 Å². The molecule has 0 amide bonds. The zero-order chi connectivity index (χ0) is 7.71. The van der Waals surface area contributed by atoms with Crippen LogP contribution in [0.5, 0.6) is 0 Å². The quantitative estimate of drug-likeness (QED) is 0.314. The van der Waals surface area contributed by atoms with Crippen LogP contribution in [0.25, 0.3) is 0 Å². The van der Waals surface area contributed by atoms with Gasteiger partial charge in [0.2, 0.25) is 0 Å². The van der Waals surface area contributed by atoms with Gasteiger partial charge >= 0.3 is 37.7 Å². The second-order valence-electron chi connectivity index (χ2n) is 2.65. The van der Waals surface area contributed by atoms with Crippen molar-refractivity contribution < 1.29 is 56.3 Å². The Morgan fingerprint density at radius 2 is 1.45 bits per heavy atom. The van der Waals surface area contributed by atoms with E-state index >= 15 is 0 Å². The molecule has 0 spiro atoms. The predicted molar refractivity (Wildman–Crippen MR) is 32.0 cm³/mol. The predicted octanol–water partition coefficient (Wildman–Crippen LogP) is -6.33. The van der Waals surface area contributed by atoms with Crippen molar-refractivity contribution in [1.82, 2.24) is 0 Å². The van der Waals surface area contributed by atoms with Crippen LogP contribution < -0.4 is 47.5 Å². The molecule has 0 aliphatic rings. The van der Waals surface area contributed by atoms with Gasteiger partial charge in [-0.25, -0.2) is 0 Å². The molecule has 4 nitrogen and oxygen atoms in total. The second kappa shape index (κ2) is 6.05. The SMILES string of the molecule is C[Si](C)(C)OP(=O)([O-])[O-].[Li+].[Li+]. The minimum atomic E-state index is -4.73. The fourth-order valence-corrected chi connectivity index (χ4v) is 3.02. The fraction of sp³-hybridized carbons (Fsp3) is 1.00. The summed E-state index contributed by atoms with van der Waals surface area (Å²) in [5.74, 6) is 0. The van der Waals surface area contributed by atoms with E-state index in [0.29, 0.717) is 0 Å². The number of hydrogen-bond donors (Lipinski definition) is 0. The Morgan fingerprint density at radius 1 is 1.18 bits per heavy atom. The maximum atomic E-state index is 9.93. The van der Waals surface area contributed by atoms with Gasteiger partial charge < -0.3 is 18.6 Å². The average molecular weight is 182 g/mol. The molecule has 0 rings (SSSR count). The molecule has 0 aromatic rings. The van der Waals surface area contributed by atoms with E-state index in [2.05, 4.69) is 4.21 Å². The number of hydrogen-bond acceptors (Lipinski definition) is 4. The first-order valence-electron chi connectivity index (χ1n) is 2.43. The van der Waals surface area contributed by atoms with Crippen molar-refractivity contribution in [3.8, 4) is 0 Å². The summed E-state index contributed by atoms with van der Waals surface area (Å²) < 4.78 is 14.1. The molecular weight excluding hydrogens is 173 g/mol. The van der Waals surface area contributed by atoms with Crippen molar-refractivity contribution in [2.45, 2.75) is 19.6 Å². The minimum absolute atomic E-state index is 0. The van der Waals surface area contributed by atoms with E-state index in [1.807, 2.05) is 0 Å². The summed E-state index contributed by atoms with van der Waals surface area (Å²) in [6, 6.07) is 0. The van der Waals surface area contributed by atoms with Crippen molar-refractivity contribution in [2.24, 2.45) is 0 Å². The molecule has 56 valence electrons. The van der Waals surface area contributed by atoms with Gasteiger partial charge in [0.05, 0.1) is 0 Å². The van der Waals surface area contributed by atoms with Gasteiger partial charge in [0.25, 0.3) is 0 Å². The van der Waals surface area contributed by atoms with E-state index < -0.39 is 16.1 Å². The Balaban J connectivity index is -0.000000320. The van der Waals surface area contributed by atoms with E-state index in [1.165, 1.54) is 0 Å². The van der Waals surface area contributed by atoms with Crippen LogP contribution in [0.15, 0.2) is 0 Å². The first-order valence-corrected chi connectivity index (χ1v) is 7.30. The topological polar surface area (TPSA) is 72.4 Å². The third kappa shape index (κ3) is 18.5. The summed E-state index contributed by atoms with van der Waals surface area (Å²) in [5.41, 5.74) is 0. The van der Waals surface area contributed by atoms with Gasteiger partial charge in [-0.1, -0.05) is 0 Å². The largest absolute Gasteiger partial charge is 1.00 e. The Hall–Kier alpha value is 1.52. The smallest absolute Gasteiger partial charge is 0.791 e. The van der Waals surface area contributed by atoms with Gasteiger partial charge in [-0.15, -0.1) is 0 Å². The van der Waals surface area contributed by atoms with Crippen LogP contribution in [0.2, 0.25) is 19.6 Å². The maximum absolute atomic E-state index is 9.93. The van der Waals surface area contributed by atoms with Crippen LogP contribution in [0.1, 0.15) is 0 Å². The molecule has 0 aliphatic heterocycles. The Labute approximate surface area is 91.8 Å². The zero-order valence-corrected chi connectivity index (χ0v) is 9.47. The molecule has 0 N–H and O–H groups in total. The summed E-state index contributed by atoms with van der Waals surface area (Å²) in [6.45, 7) is 4.90. The van der Waals surface area contributed by atoms with Gasteiger partial charge in [-0.2, -0.15) is 0 Å². The van der Waals surface area contributed by atoms with Crippen molar-refractivity contribution >= 4 is 16.1 Å². The van der Waals surface area contributed by atoms with Gasteiger partial charge in [0, 0.05) is 7.82 Å². The molecule has 0 atom stereocenters. The molecule has 8 heteroatoms. The Morgan fingerprint density at radius 3 is 1.45 bits per heavy atom. The van der Waals surface area contributed by atoms with Crippen LogP contribution in [-0.4, -0.2) is 8.32 Å². The van der Waals surface area contributed by atoms with E-state index in [0.717, 1.165) is 0 Å². The monoisotopic (exact) mass is 182 g/mol. The summed E-state index contributed by atoms with van der Waals surface area (Å²) in [6.07, 6.45) is 0. The summed E-state index contributed by atoms with van der Waals surface area (Å²) >= 11 is 0. The van der Waals surface area contributed by atoms with E-state index in [9.17, 15) is 14.4 Å². The second-order valence-corrected chi connectivity index (χ2v) is 8.50. The third-order valence-electron chi connectivity index (χ3n) is 0.386. The maximum Gasteiger partial charge on any atom is 1.00 e. The molecular formula is C3H9Li2O4PSi. The number of rotatable bonds is 2. The van der Waals surface area contributed by atoms with Gasteiger partial charge in [0.15, 0.2) is 8.32 Å². The zero-order valence-electron chi connectivity index (χ0n) is 7.58. The van der Waals surface area contributed by atoms with Crippen molar-refractivity contribution in [3.63, 3.8) is 0 Å². The van der Waals surface area contributed by atoms with E-state index in [-0.39, 0.29) is 37.7 Å². The Kier molecular flexibility index (Phi) is 10.1. The molecule has 0 radical (unpaired) electrons. The molecule has 0 heterocycles. The van der Waals surface area contributed by atoms with E-state index in [4.69, 9.17) is 0 Å². The molecule has 0 aromatic heterocycles. The molecule has 11 heavy (non-hydrogen) atoms. The summed E-state index contributed by atoms with van der Waals surface area (Å²) in [7, 11) is -6.91. The molecule has 0 aromatic carbocycles. The van der Waals surface area contributed by atoms with Gasteiger partial charge in [-0.05, 0) is 19.6 Å². The molecule has 0 fully saturated rings. The van der Waals surface area contributed by atoms with Crippen molar-refractivity contribution in [2.75, 3.05) is 0 Å². The molecule has 0 aliphatic carbocycles. The van der Waals surface area contributed by atoms with Crippen LogP contribution in [0.3, 0.4) is 0 Å². The van der Waals surface area contributed by atoms with Crippen LogP contribution >= 0.6 is 7.82 Å². The van der Waals surface area contributed by atoms with Crippen LogP contribution in [-0.2, 0) is 8.78 Å². The first-order chi connectivity index (χ1) is 3.71. The first kappa shape index (κ1) is 18.3. The summed E-state index contributed by atoms with van der Waals surface area (Å²) in [5, 5.41) is 0. The Bertz CT molecular complexity index is 141. The normalized spacial score (nSPS) is 11.4. The van der Waals surface area contributed by atoms with Crippen molar-refractivity contribution in [3.05, 3.63) is 0 Å². The molecule has 0 saturated carbocycles. The van der Waals surface area contributed by atoms with Gasteiger partial charge in [0.1, 0.15) is 0 Å². The third-order valence-corrected chi connectivity index (χ3v) is 3.47. The average Bonchev–Trinajstić information content (AvgIpc) is 1.14. The van der Waals surface area contributed by atoms with Crippen molar-refractivity contribution in [1.29, 1.82) is 0 Å². The molecule has 0 unspecified atom stereocenters. The minimum Gasteiger partial charge on any atom is -0.791 e. The van der Waals surface area contributed by atoms with Gasteiger partial charge in [-0.3, -0.25) is 0 Å². The van der Waals surface area contributed by atoms with E-state index in [1.54, 1.807) is 19.6 Å². The molecule has 0 bridgehead atoms. The standard InChI is InChI=1S/C3H11O4PSi.2Li/c1-9(2,3)7-8(4,5)6;;/h1-3H3,(H2,4,5,6);;/q;2*+1/p-2.